The van der Waals surface area contributed by atoms with Gasteiger partial charge in [-0.2, -0.15) is 0 Å². The third-order valence-corrected chi connectivity index (χ3v) is 3.82. The topological polar surface area (TPSA) is 29.0 Å². The summed E-state index contributed by atoms with van der Waals surface area (Å²) in [5.41, 5.74) is 1.51. The molecule has 1 heterocycles. The minimum atomic E-state index is -0.218. The summed E-state index contributed by atoms with van der Waals surface area (Å²) in [5, 5.41) is 0.449. The maximum atomic E-state index is 13.9. The summed E-state index contributed by atoms with van der Waals surface area (Å²) in [6.07, 6.45) is 2.16. The molecule has 0 aliphatic rings. The molecule has 5 heteroatoms. The number of hydrogen-bond donors (Lipinski definition) is 0. The fourth-order valence-corrected chi connectivity index (χ4v) is 2.46. The first-order valence-electron chi connectivity index (χ1n) is 6.52. The van der Waals surface area contributed by atoms with Crippen LogP contribution in [-0.2, 0) is 6.42 Å². The van der Waals surface area contributed by atoms with Crippen LogP contribution >= 0.6 is 11.6 Å². The first-order chi connectivity index (χ1) is 9.56. The van der Waals surface area contributed by atoms with Gasteiger partial charge in [0.25, 0.3) is 0 Å². The molecule has 0 saturated heterocycles. The average Bonchev–Trinajstić information content (AvgIpc) is 2.46. The Morgan fingerprint density at radius 1 is 1.30 bits per heavy atom. The summed E-state index contributed by atoms with van der Waals surface area (Å²) in [6, 6.07) is 6.62. The summed E-state index contributed by atoms with van der Waals surface area (Å²) >= 11 is 6.10. The van der Waals surface area contributed by atoms with E-state index in [0.29, 0.717) is 10.7 Å². The third kappa shape index (κ3) is 2.75. The molecule has 0 saturated carbocycles. The van der Waals surface area contributed by atoms with Crippen LogP contribution in [0.1, 0.15) is 31.0 Å². The quantitative estimate of drug-likeness (QED) is 0.797. The molecule has 2 aromatic rings. The first kappa shape index (κ1) is 14.7. The zero-order valence-electron chi connectivity index (χ0n) is 11.8. The maximum Gasteiger partial charge on any atom is 0.137 e. The lowest BCUT2D eigenvalue weighted by molar-refractivity contribution is 0.583. The summed E-state index contributed by atoms with van der Waals surface area (Å²) in [6.45, 7) is 3.93. The normalized spacial score (nSPS) is 12.2. The summed E-state index contributed by atoms with van der Waals surface area (Å²) < 4.78 is 13.9. The molecular weight excluding hydrogens is 277 g/mol. The van der Waals surface area contributed by atoms with Crippen LogP contribution in [0.15, 0.2) is 30.6 Å². The lowest BCUT2D eigenvalue weighted by Gasteiger charge is -2.28. The van der Waals surface area contributed by atoms with Gasteiger partial charge in [0.15, 0.2) is 0 Å². The molecule has 0 amide bonds. The molecule has 3 nitrogen and oxygen atoms in total. The van der Waals surface area contributed by atoms with Crippen LogP contribution in [0, 0.1) is 5.82 Å². The van der Waals surface area contributed by atoms with Crippen LogP contribution in [0.2, 0.25) is 5.15 Å². The molecule has 0 N–H and O–H groups in total. The molecule has 0 spiro atoms. The summed E-state index contributed by atoms with van der Waals surface area (Å²) in [5.74, 6) is 0.522. The molecule has 1 atom stereocenters. The Hall–Kier alpha value is -1.68. The number of benzene rings is 1. The Balaban J connectivity index is 2.39. The van der Waals surface area contributed by atoms with Gasteiger partial charge in [-0.05, 0) is 19.4 Å². The van der Waals surface area contributed by atoms with Gasteiger partial charge in [0, 0.05) is 18.2 Å². The van der Waals surface area contributed by atoms with Gasteiger partial charge >= 0.3 is 0 Å². The first-order valence-corrected chi connectivity index (χ1v) is 6.90. The van der Waals surface area contributed by atoms with E-state index in [2.05, 4.69) is 9.97 Å². The molecular formula is C15H17ClFN3. The zero-order chi connectivity index (χ0) is 14.7. The number of anilines is 1. The van der Waals surface area contributed by atoms with Crippen molar-refractivity contribution in [3.8, 4) is 0 Å². The van der Waals surface area contributed by atoms with Gasteiger partial charge < -0.3 is 4.90 Å². The lowest BCUT2D eigenvalue weighted by atomic mass is 10.1. The van der Waals surface area contributed by atoms with Crippen LogP contribution < -0.4 is 4.90 Å². The highest BCUT2D eigenvalue weighted by atomic mass is 35.5. The second kappa shape index (κ2) is 6.18. The second-order valence-corrected chi connectivity index (χ2v) is 4.99. The van der Waals surface area contributed by atoms with Crippen LogP contribution in [0.4, 0.5) is 10.2 Å². The van der Waals surface area contributed by atoms with Gasteiger partial charge in [-0.25, -0.2) is 14.4 Å². The van der Waals surface area contributed by atoms with Crippen molar-refractivity contribution < 1.29 is 4.39 Å². The van der Waals surface area contributed by atoms with Gasteiger partial charge in [-0.15, -0.1) is 0 Å². The molecule has 1 unspecified atom stereocenters. The highest BCUT2D eigenvalue weighted by molar-refractivity contribution is 6.30. The number of nitrogens with zero attached hydrogens (tertiary/aromatic N) is 3. The number of aromatic nitrogens is 2. The van der Waals surface area contributed by atoms with E-state index in [4.69, 9.17) is 11.6 Å². The molecule has 1 aromatic heterocycles. The minimum Gasteiger partial charge on any atom is -0.352 e. The van der Waals surface area contributed by atoms with E-state index in [9.17, 15) is 4.39 Å². The lowest BCUT2D eigenvalue weighted by Crippen LogP contribution is -2.25. The summed E-state index contributed by atoms with van der Waals surface area (Å²) in [7, 11) is 1.88. The largest absolute Gasteiger partial charge is 0.352 e. The van der Waals surface area contributed by atoms with E-state index < -0.39 is 0 Å². The van der Waals surface area contributed by atoms with Crippen LogP contribution in [-0.4, -0.2) is 17.0 Å². The predicted molar refractivity (Wildman–Crippen MR) is 79.6 cm³/mol. The van der Waals surface area contributed by atoms with Crippen molar-refractivity contribution in [2.75, 3.05) is 11.9 Å². The Labute approximate surface area is 123 Å². The van der Waals surface area contributed by atoms with Gasteiger partial charge in [0.1, 0.15) is 23.1 Å². The van der Waals surface area contributed by atoms with Crippen molar-refractivity contribution in [3.05, 3.63) is 52.7 Å². The molecule has 106 valence electrons. The van der Waals surface area contributed by atoms with Gasteiger partial charge in [0.2, 0.25) is 0 Å². The van der Waals surface area contributed by atoms with E-state index in [-0.39, 0.29) is 11.9 Å². The van der Waals surface area contributed by atoms with Crippen molar-refractivity contribution >= 4 is 17.4 Å². The zero-order valence-corrected chi connectivity index (χ0v) is 12.5. The Bertz CT molecular complexity index is 603. The Morgan fingerprint density at radius 3 is 2.65 bits per heavy atom. The van der Waals surface area contributed by atoms with Crippen molar-refractivity contribution in [1.29, 1.82) is 0 Å². The standard InChI is InChI=1S/C15H17ClFN3/c1-4-11-14(16)18-9-19-15(11)20(3)10(2)12-7-5-6-8-13(12)17/h5-10H,4H2,1-3H3. The van der Waals surface area contributed by atoms with Gasteiger partial charge in [-0.1, -0.05) is 36.7 Å². The van der Waals surface area contributed by atoms with E-state index >= 15 is 0 Å². The van der Waals surface area contributed by atoms with E-state index in [1.807, 2.05) is 31.9 Å². The number of hydrogen-bond acceptors (Lipinski definition) is 3. The molecule has 0 radical (unpaired) electrons. The molecule has 20 heavy (non-hydrogen) atoms. The minimum absolute atomic E-state index is 0.146. The monoisotopic (exact) mass is 293 g/mol. The van der Waals surface area contributed by atoms with Crippen molar-refractivity contribution in [1.82, 2.24) is 9.97 Å². The predicted octanol–water partition coefficient (Wildman–Crippen LogP) is 4.03. The average molecular weight is 294 g/mol. The van der Waals surface area contributed by atoms with Gasteiger partial charge in [-0.3, -0.25) is 0 Å². The fourth-order valence-electron chi connectivity index (χ4n) is 2.20. The fraction of sp³-hybridized carbons (Fsp3) is 0.333. The number of halogens is 2. The SMILES string of the molecule is CCc1c(Cl)ncnc1N(C)C(C)c1ccccc1F. The van der Waals surface area contributed by atoms with E-state index in [0.717, 1.165) is 17.8 Å². The van der Waals surface area contributed by atoms with Crippen LogP contribution in [0.5, 0.6) is 0 Å². The van der Waals surface area contributed by atoms with E-state index in [1.54, 1.807) is 12.1 Å². The Kier molecular flexibility index (Phi) is 4.55. The molecule has 0 bridgehead atoms. The molecule has 0 aliphatic carbocycles. The van der Waals surface area contributed by atoms with Crippen LogP contribution in [0.25, 0.3) is 0 Å². The smallest absolute Gasteiger partial charge is 0.137 e. The molecule has 0 aliphatic heterocycles. The summed E-state index contributed by atoms with van der Waals surface area (Å²) in [4.78, 5) is 10.2. The highest BCUT2D eigenvalue weighted by Crippen LogP contribution is 2.30. The maximum absolute atomic E-state index is 13.9. The highest BCUT2D eigenvalue weighted by Gasteiger charge is 2.20. The van der Waals surface area contributed by atoms with Crippen molar-refractivity contribution in [2.45, 2.75) is 26.3 Å². The van der Waals surface area contributed by atoms with Crippen molar-refractivity contribution in [3.63, 3.8) is 0 Å². The van der Waals surface area contributed by atoms with Crippen molar-refractivity contribution in [2.24, 2.45) is 0 Å². The van der Waals surface area contributed by atoms with E-state index in [1.165, 1.54) is 12.4 Å². The second-order valence-electron chi connectivity index (χ2n) is 4.63. The molecule has 0 fully saturated rings. The molecule has 1 aromatic carbocycles. The Morgan fingerprint density at radius 2 is 2.00 bits per heavy atom. The third-order valence-electron chi connectivity index (χ3n) is 3.49. The number of rotatable bonds is 4. The molecule has 2 rings (SSSR count). The van der Waals surface area contributed by atoms with Crippen LogP contribution in [0.3, 0.4) is 0 Å². The van der Waals surface area contributed by atoms with Gasteiger partial charge in [0.05, 0.1) is 6.04 Å².